The van der Waals surface area contributed by atoms with Gasteiger partial charge in [-0.15, -0.1) is 0 Å². The summed E-state index contributed by atoms with van der Waals surface area (Å²) in [6.45, 7) is 0.640. The van der Waals surface area contributed by atoms with Crippen LogP contribution >= 0.6 is 12.6 Å². The van der Waals surface area contributed by atoms with Crippen LogP contribution in [0.25, 0.3) is 0 Å². The third kappa shape index (κ3) is 3.83. The van der Waals surface area contributed by atoms with Gasteiger partial charge < -0.3 is 9.47 Å². The van der Waals surface area contributed by atoms with Crippen molar-refractivity contribution in [3.63, 3.8) is 0 Å². The van der Waals surface area contributed by atoms with Gasteiger partial charge in [-0.1, -0.05) is 0 Å². The van der Waals surface area contributed by atoms with E-state index in [2.05, 4.69) is 17.4 Å². The quantitative estimate of drug-likeness (QED) is 0.475. The van der Waals surface area contributed by atoms with Crippen LogP contribution in [0.4, 0.5) is 0 Å². The molecule has 0 heterocycles. The Balaban J connectivity index is 2.52. The minimum Gasteiger partial charge on any atom is -0.494 e. The maximum Gasteiger partial charge on any atom is 0.337 e. The van der Waals surface area contributed by atoms with Gasteiger partial charge in [-0.2, -0.15) is 12.6 Å². The van der Waals surface area contributed by atoms with E-state index in [0.29, 0.717) is 12.2 Å². The summed E-state index contributed by atoms with van der Waals surface area (Å²) in [4.78, 5) is 11.1. The van der Waals surface area contributed by atoms with Crippen LogP contribution in [0.5, 0.6) is 5.75 Å². The van der Waals surface area contributed by atoms with Crippen molar-refractivity contribution in [3.05, 3.63) is 29.8 Å². The van der Waals surface area contributed by atoms with Gasteiger partial charge in [-0.3, -0.25) is 0 Å². The first kappa shape index (κ1) is 11.9. The predicted molar refractivity (Wildman–Crippen MR) is 61.7 cm³/mol. The monoisotopic (exact) mass is 226 g/mol. The number of carbonyl (C=O) groups excluding carboxylic acids is 1. The molecule has 0 fully saturated rings. The van der Waals surface area contributed by atoms with Gasteiger partial charge in [0.1, 0.15) is 5.75 Å². The largest absolute Gasteiger partial charge is 0.494 e. The van der Waals surface area contributed by atoms with Gasteiger partial charge in [0, 0.05) is 0 Å². The van der Waals surface area contributed by atoms with E-state index >= 15 is 0 Å². The summed E-state index contributed by atoms with van der Waals surface area (Å²) in [6.07, 6.45) is 0.905. The van der Waals surface area contributed by atoms with Crippen molar-refractivity contribution < 1.29 is 14.3 Å². The topological polar surface area (TPSA) is 35.5 Å². The van der Waals surface area contributed by atoms with E-state index in [1.165, 1.54) is 7.11 Å². The summed E-state index contributed by atoms with van der Waals surface area (Å²) in [7, 11) is 1.36. The average molecular weight is 226 g/mol. The van der Waals surface area contributed by atoms with E-state index in [-0.39, 0.29) is 5.97 Å². The van der Waals surface area contributed by atoms with E-state index in [0.717, 1.165) is 17.9 Å². The predicted octanol–water partition coefficient (Wildman–Crippen LogP) is 2.17. The Bertz CT molecular complexity index is 308. The molecule has 1 aromatic rings. The van der Waals surface area contributed by atoms with Crippen LogP contribution in [0, 0.1) is 0 Å². The molecular formula is C11H14O3S. The summed E-state index contributed by atoms with van der Waals surface area (Å²) < 4.78 is 10.00. The Morgan fingerprint density at radius 3 is 2.53 bits per heavy atom. The maximum absolute atomic E-state index is 11.1. The number of esters is 1. The first-order valence-corrected chi connectivity index (χ1v) is 5.33. The second kappa shape index (κ2) is 6.35. The highest BCUT2D eigenvalue weighted by atomic mass is 32.1. The molecular weight excluding hydrogens is 212 g/mol. The molecule has 0 saturated carbocycles. The number of hydrogen-bond donors (Lipinski definition) is 1. The molecule has 0 aliphatic heterocycles. The lowest BCUT2D eigenvalue weighted by molar-refractivity contribution is 0.0600. The lowest BCUT2D eigenvalue weighted by atomic mass is 10.2. The van der Waals surface area contributed by atoms with Gasteiger partial charge >= 0.3 is 5.97 Å². The van der Waals surface area contributed by atoms with Gasteiger partial charge in [-0.05, 0) is 36.4 Å². The molecule has 1 rings (SSSR count). The Kier molecular flexibility index (Phi) is 5.04. The van der Waals surface area contributed by atoms with E-state index < -0.39 is 0 Å². The van der Waals surface area contributed by atoms with Gasteiger partial charge in [0.05, 0.1) is 19.3 Å². The van der Waals surface area contributed by atoms with Crippen molar-refractivity contribution in [2.45, 2.75) is 6.42 Å². The van der Waals surface area contributed by atoms with Gasteiger partial charge in [0.2, 0.25) is 0 Å². The van der Waals surface area contributed by atoms with Crippen molar-refractivity contribution in [2.24, 2.45) is 0 Å². The SMILES string of the molecule is COC(=O)c1ccc(OCCCS)cc1. The lowest BCUT2D eigenvalue weighted by Crippen LogP contribution is -2.01. The molecule has 3 nitrogen and oxygen atoms in total. The van der Waals surface area contributed by atoms with E-state index in [9.17, 15) is 4.79 Å². The molecule has 0 aliphatic rings. The van der Waals surface area contributed by atoms with Crippen LogP contribution in [0.3, 0.4) is 0 Å². The highest BCUT2D eigenvalue weighted by molar-refractivity contribution is 7.80. The maximum atomic E-state index is 11.1. The molecule has 0 atom stereocenters. The van der Waals surface area contributed by atoms with E-state index in [4.69, 9.17) is 4.74 Å². The molecule has 0 N–H and O–H groups in total. The molecule has 0 amide bonds. The minimum atomic E-state index is -0.336. The van der Waals surface area contributed by atoms with Gasteiger partial charge in [0.25, 0.3) is 0 Å². The second-order valence-corrected chi connectivity index (χ2v) is 3.39. The number of carbonyl (C=O) groups is 1. The van der Waals surface area contributed by atoms with Crippen molar-refractivity contribution in [3.8, 4) is 5.75 Å². The third-order valence-electron chi connectivity index (χ3n) is 1.85. The van der Waals surface area contributed by atoms with Crippen LogP contribution in [0.1, 0.15) is 16.8 Å². The first-order valence-electron chi connectivity index (χ1n) is 4.70. The summed E-state index contributed by atoms with van der Waals surface area (Å²) in [5.41, 5.74) is 0.527. The van der Waals surface area contributed by atoms with Gasteiger partial charge in [-0.25, -0.2) is 4.79 Å². The molecule has 1 aromatic carbocycles. The fraction of sp³-hybridized carbons (Fsp3) is 0.364. The van der Waals surface area contributed by atoms with Crippen molar-refractivity contribution in [1.29, 1.82) is 0 Å². The Morgan fingerprint density at radius 2 is 2.00 bits per heavy atom. The molecule has 15 heavy (non-hydrogen) atoms. The van der Waals surface area contributed by atoms with Crippen LogP contribution in [-0.2, 0) is 4.74 Å². The number of ether oxygens (including phenoxy) is 2. The molecule has 0 unspecified atom stereocenters. The zero-order valence-electron chi connectivity index (χ0n) is 8.60. The number of thiol groups is 1. The summed E-state index contributed by atoms with van der Waals surface area (Å²) in [6, 6.07) is 6.87. The molecule has 0 radical (unpaired) electrons. The Morgan fingerprint density at radius 1 is 1.33 bits per heavy atom. The number of methoxy groups -OCH3 is 1. The fourth-order valence-electron chi connectivity index (χ4n) is 1.06. The fourth-order valence-corrected chi connectivity index (χ4v) is 1.19. The normalized spacial score (nSPS) is 9.73. The zero-order valence-corrected chi connectivity index (χ0v) is 9.50. The summed E-state index contributed by atoms with van der Waals surface area (Å²) in [5.74, 6) is 1.22. The Hall–Kier alpha value is -1.16. The first-order chi connectivity index (χ1) is 7.27. The molecule has 0 aromatic heterocycles. The number of rotatable bonds is 5. The minimum absolute atomic E-state index is 0.336. The Labute approximate surface area is 94.8 Å². The van der Waals surface area contributed by atoms with Crippen LogP contribution in [0.2, 0.25) is 0 Å². The summed E-state index contributed by atoms with van der Waals surface area (Å²) in [5, 5.41) is 0. The number of hydrogen-bond acceptors (Lipinski definition) is 4. The van der Waals surface area contributed by atoms with Crippen LogP contribution < -0.4 is 4.74 Å². The highest BCUT2D eigenvalue weighted by Gasteiger charge is 2.04. The molecule has 0 aliphatic carbocycles. The number of benzene rings is 1. The van der Waals surface area contributed by atoms with Crippen LogP contribution in [-0.4, -0.2) is 25.4 Å². The summed E-state index contributed by atoms with van der Waals surface area (Å²) >= 11 is 4.08. The zero-order chi connectivity index (χ0) is 11.1. The smallest absolute Gasteiger partial charge is 0.337 e. The van der Waals surface area contributed by atoms with Crippen molar-refractivity contribution in [1.82, 2.24) is 0 Å². The van der Waals surface area contributed by atoms with Crippen molar-refractivity contribution in [2.75, 3.05) is 19.5 Å². The molecule has 0 spiro atoms. The second-order valence-electron chi connectivity index (χ2n) is 2.94. The van der Waals surface area contributed by atoms with E-state index in [1.54, 1.807) is 24.3 Å². The highest BCUT2D eigenvalue weighted by Crippen LogP contribution is 2.13. The average Bonchev–Trinajstić information content (AvgIpc) is 2.29. The standard InChI is InChI=1S/C11H14O3S/c1-13-11(12)9-3-5-10(6-4-9)14-7-2-8-15/h3-6,15H,2,7-8H2,1H3. The molecule has 0 bridgehead atoms. The molecule has 82 valence electrons. The van der Waals surface area contributed by atoms with E-state index in [1.807, 2.05) is 0 Å². The van der Waals surface area contributed by atoms with Crippen LogP contribution in [0.15, 0.2) is 24.3 Å². The third-order valence-corrected chi connectivity index (χ3v) is 2.16. The van der Waals surface area contributed by atoms with Crippen molar-refractivity contribution >= 4 is 18.6 Å². The lowest BCUT2D eigenvalue weighted by Gasteiger charge is -2.05. The molecule has 0 saturated heterocycles. The van der Waals surface area contributed by atoms with Gasteiger partial charge in [0.15, 0.2) is 0 Å². The molecule has 4 heteroatoms.